The van der Waals surface area contributed by atoms with E-state index in [1.165, 1.54) is 6.07 Å². The van der Waals surface area contributed by atoms with E-state index in [2.05, 4.69) is 4.74 Å². The summed E-state index contributed by atoms with van der Waals surface area (Å²) in [7, 11) is -4.35. The fourth-order valence-electron chi connectivity index (χ4n) is 2.47. The molecule has 0 amide bonds. The monoisotopic (exact) mass is 457 g/mol. The second-order valence-corrected chi connectivity index (χ2v) is 7.66. The second kappa shape index (κ2) is 8.92. The molecule has 1 unspecified atom stereocenters. The molecule has 13 heteroatoms. The average molecular weight is 457 g/mol. The Morgan fingerprint density at radius 2 is 1.57 bits per heavy atom. The van der Waals surface area contributed by atoms with Gasteiger partial charge in [0.15, 0.2) is 39.7 Å². The molecule has 0 saturated carbocycles. The number of esters is 1. The van der Waals surface area contributed by atoms with Crippen molar-refractivity contribution in [2.45, 2.75) is 11.3 Å². The lowest BCUT2D eigenvalue weighted by Crippen LogP contribution is -2.36. The summed E-state index contributed by atoms with van der Waals surface area (Å²) in [6.45, 7) is -0.878. The Morgan fingerprint density at radius 3 is 2.07 bits per heavy atom. The quantitative estimate of drug-likeness (QED) is 0.289. The minimum atomic E-state index is -5.30. The Labute approximate surface area is 166 Å². The number of phenols is 1. The summed E-state index contributed by atoms with van der Waals surface area (Å²) in [6.07, 6.45) is -0.344. The molecule has 0 radical (unpaired) electrons. The number of carbonyl (C=O) groups excluding carboxylic acids is 1. The first-order chi connectivity index (χ1) is 13.9. The van der Waals surface area contributed by atoms with E-state index in [0.29, 0.717) is 0 Å². The van der Waals surface area contributed by atoms with Gasteiger partial charge < -0.3 is 9.84 Å². The number of nitrogens with one attached hydrogen (secondary N) is 1. The van der Waals surface area contributed by atoms with Crippen molar-refractivity contribution < 1.29 is 49.4 Å². The summed E-state index contributed by atoms with van der Waals surface area (Å²) in [5.41, 5.74) is 0.121. The first kappa shape index (κ1) is 23.5. The van der Waals surface area contributed by atoms with Crippen LogP contribution in [0.2, 0.25) is 0 Å². The van der Waals surface area contributed by atoms with Crippen molar-refractivity contribution in [3.63, 3.8) is 0 Å². The van der Waals surface area contributed by atoms with E-state index in [9.17, 15) is 39.6 Å². The molecular formula is C17H13F6NO5S. The molecule has 2 rings (SSSR count). The number of methoxy groups -OCH3 is 1. The minimum Gasteiger partial charge on any atom is -0.505 e. The third kappa shape index (κ3) is 4.67. The van der Waals surface area contributed by atoms with Gasteiger partial charge >= 0.3 is 5.97 Å². The molecule has 0 fully saturated rings. The van der Waals surface area contributed by atoms with E-state index in [1.807, 2.05) is 0 Å². The highest BCUT2D eigenvalue weighted by Gasteiger charge is 2.34. The zero-order chi connectivity index (χ0) is 22.8. The lowest BCUT2D eigenvalue weighted by atomic mass is 9.99. The van der Waals surface area contributed by atoms with Gasteiger partial charge in [-0.05, 0) is 24.1 Å². The average Bonchev–Trinajstić information content (AvgIpc) is 2.70. The number of phenolic OH excluding ortho intramolecular Hbond substituents is 1. The molecule has 1 atom stereocenters. The number of hydrogen-bond donors (Lipinski definition) is 2. The zero-order valence-corrected chi connectivity index (χ0v) is 15.8. The van der Waals surface area contributed by atoms with Gasteiger partial charge in [-0.25, -0.2) is 39.5 Å². The molecule has 0 aliphatic heterocycles. The molecular weight excluding hydrogens is 444 g/mol. The van der Waals surface area contributed by atoms with Gasteiger partial charge in [0.05, 0.1) is 13.0 Å². The van der Waals surface area contributed by atoms with Gasteiger partial charge in [0.25, 0.3) is 0 Å². The summed E-state index contributed by atoms with van der Waals surface area (Å²) in [5, 5.41) is 9.17. The Balaban J connectivity index is 2.33. The van der Waals surface area contributed by atoms with Crippen LogP contribution in [0.3, 0.4) is 0 Å². The highest BCUT2D eigenvalue weighted by molar-refractivity contribution is 7.89. The lowest BCUT2D eigenvalue weighted by molar-refractivity contribution is -0.145. The Hall–Kier alpha value is -2.80. The summed E-state index contributed by atoms with van der Waals surface area (Å²) in [4.78, 5) is 9.78. The molecule has 0 bridgehead atoms. The van der Waals surface area contributed by atoms with Crippen molar-refractivity contribution in [2.24, 2.45) is 5.92 Å². The molecule has 2 N–H and O–H groups in total. The summed E-state index contributed by atoms with van der Waals surface area (Å²) in [6, 6.07) is 3.04. The Kier molecular flexibility index (Phi) is 6.98. The summed E-state index contributed by atoms with van der Waals surface area (Å²) in [5.74, 6) is -16.7. The van der Waals surface area contributed by atoms with Gasteiger partial charge in [-0.3, -0.25) is 4.79 Å². The predicted octanol–water partition coefficient (Wildman–Crippen LogP) is 2.54. The van der Waals surface area contributed by atoms with E-state index in [0.717, 1.165) is 19.2 Å². The third-order valence-electron chi connectivity index (χ3n) is 3.99. The standard InChI is InChI=1S/C17H13F6NO5S/c1-29-17(26)8(4-7-2-3-10(25)9(18)5-7)6-24-30(27,28)16-14(22)12(20)11(19)13(21)15(16)23/h2-3,5,8,24-25H,4,6H2,1H3. The maximum Gasteiger partial charge on any atom is 0.310 e. The van der Waals surface area contributed by atoms with Crippen LogP contribution in [0.1, 0.15) is 5.56 Å². The maximum absolute atomic E-state index is 13.8. The van der Waals surface area contributed by atoms with E-state index < -0.39 is 74.0 Å². The van der Waals surface area contributed by atoms with Crippen molar-refractivity contribution in [1.82, 2.24) is 4.72 Å². The highest BCUT2D eigenvalue weighted by Crippen LogP contribution is 2.27. The number of halogens is 6. The van der Waals surface area contributed by atoms with Gasteiger partial charge in [-0.15, -0.1) is 0 Å². The van der Waals surface area contributed by atoms with Crippen molar-refractivity contribution in [2.75, 3.05) is 13.7 Å². The van der Waals surface area contributed by atoms with Crippen molar-refractivity contribution in [1.29, 1.82) is 0 Å². The highest BCUT2D eigenvalue weighted by atomic mass is 32.2. The fourth-order valence-corrected chi connectivity index (χ4v) is 3.69. The van der Waals surface area contributed by atoms with Crippen molar-refractivity contribution >= 4 is 16.0 Å². The van der Waals surface area contributed by atoms with Crippen molar-refractivity contribution in [3.05, 3.63) is 58.7 Å². The third-order valence-corrected chi connectivity index (χ3v) is 5.43. The van der Waals surface area contributed by atoms with Crippen LogP contribution in [0.5, 0.6) is 5.75 Å². The molecule has 164 valence electrons. The molecule has 30 heavy (non-hydrogen) atoms. The van der Waals surface area contributed by atoms with Gasteiger partial charge in [-0.1, -0.05) is 6.07 Å². The molecule has 0 spiro atoms. The first-order valence-electron chi connectivity index (χ1n) is 7.97. The largest absolute Gasteiger partial charge is 0.505 e. The number of carbonyl (C=O) groups is 1. The van der Waals surface area contributed by atoms with E-state index >= 15 is 0 Å². The van der Waals surface area contributed by atoms with E-state index in [1.54, 1.807) is 4.72 Å². The molecule has 0 heterocycles. The number of hydrogen-bond acceptors (Lipinski definition) is 5. The molecule has 0 aliphatic rings. The number of benzene rings is 2. The van der Waals surface area contributed by atoms with Gasteiger partial charge in [-0.2, -0.15) is 0 Å². The SMILES string of the molecule is COC(=O)C(CNS(=O)(=O)c1c(F)c(F)c(F)c(F)c1F)Cc1ccc(O)c(F)c1. The predicted molar refractivity (Wildman–Crippen MR) is 88.7 cm³/mol. The number of aromatic hydroxyl groups is 1. The van der Waals surface area contributed by atoms with Crippen LogP contribution in [-0.4, -0.2) is 33.1 Å². The number of rotatable bonds is 7. The van der Waals surface area contributed by atoms with Crippen LogP contribution >= 0.6 is 0 Å². The number of sulfonamides is 1. The Bertz CT molecular complexity index is 1060. The van der Waals surface area contributed by atoms with Crippen molar-refractivity contribution in [3.8, 4) is 5.75 Å². The van der Waals surface area contributed by atoms with Crippen LogP contribution in [0, 0.1) is 40.8 Å². The summed E-state index contributed by atoms with van der Waals surface area (Å²) < 4.78 is 111. The normalized spacial score (nSPS) is 12.6. The second-order valence-electron chi connectivity index (χ2n) is 5.96. The van der Waals surface area contributed by atoms with Crippen LogP contribution < -0.4 is 4.72 Å². The zero-order valence-electron chi connectivity index (χ0n) is 15.0. The fraction of sp³-hybridized carbons (Fsp3) is 0.235. The van der Waals surface area contributed by atoms with Crippen LogP contribution in [0.15, 0.2) is 23.1 Å². The molecule has 6 nitrogen and oxygen atoms in total. The molecule has 2 aromatic rings. The van der Waals surface area contributed by atoms with E-state index in [4.69, 9.17) is 5.11 Å². The topological polar surface area (TPSA) is 92.7 Å². The summed E-state index contributed by atoms with van der Waals surface area (Å²) >= 11 is 0. The van der Waals surface area contributed by atoms with Gasteiger partial charge in [0.2, 0.25) is 15.8 Å². The minimum absolute atomic E-state index is 0.121. The van der Waals surface area contributed by atoms with E-state index in [-0.39, 0.29) is 12.0 Å². The van der Waals surface area contributed by atoms with Gasteiger partial charge in [0.1, 0.15) is 0 Å². The van der Waals surface area contributed by atoms with Crippen LogP contribution in [-0.2, 0) is 26.0 Å². The van der Waals surface area contributed by atoms with Crippen LogP contribution in [0.25, 0.3) is 0 Å². The lowest BCUT2D eigenvalue weighted by Gasteiger charge is -2.16. The molecule has 0 aromatic heterocycles. The molecule has 2 aromatic carbocycles. The Morgan fingerprint density at radius 1 is 1.03 bits per heavy atom. The molecule has 0 saturated heterocycles. The first-order valence-corrected chi connectivity index (χ1v) is 9.45. The number of ether oxygens (including phenoxy) is 1. The van der Waals surface area contributed by atoms with Gasteiger partial charge in [0, 0.05) is 6.54 Å². The maximum atomic E-state index is 13.8. The molecule has 0 aliphatic carbocycles. The van der Waals surface area contributed by atoms with Crippen LogP contribution in [0.4, 0.5) is 26.3 Å². The smallest absolute Gasteiger partial charge is 0.310 e.